The molecule has 140 valence electrons. The molecule has 2 aromatic carbocycles. The van der Waals surface area contributed by atoms with Gasteiger partial charge in [0.15, 0.2) is 0 Å². The molecule has 0 spiro atoms. The van der Waals surface area contributed by atoms with Gasteiger partial charge < -0.3 is 9.73 Å². The van der Waals surface area contributed by atoms with Crippen LogP contribution in [0.2, 0.25) is 0 Å². The lowest BCUT2D eigenvalue weighted by molar-refractivity contribution is 0.0947. The molecule has 1 amide bonds. The van der Waals surface area contributed by atoms with Crippen molar-refractivity contribution in [2.75, 3.05) is 4.72 Å². The van der Waals surface area contributed by atoms with Crippen molar-refractivity contribution in [3.8, 4) is 0 Å². The Labute approximate surface area is 158 Å². The second kappa shape index (κ2) is 7.67. The highest BCUT2D eigenvalue weighted by Gasteiger charge is 2.18. The van der Waals surface area contributed by atoms with Crippen molar-refractivity contribution in [3.63, 3.8) is 0 Å². The Bertz CT molecular complexity index is 1060. The van der Waals surface area contributed by atoms with Crippen molar-refractivity contribution in [1.29, 1.82) is 0 Å². The van der Waals surface area contributed by atoms with Gasteiger partial charge in [-0.3, -0.25) is 9.52 Å². The second-order valence-corrected chi connectivity index (χ2v) is 7.90. The van der Waals surface area contributed by atoms with E-state index in [1.165, 1.54) is 18.4 Å². The summed E-state index contributed by atoms with van der Waals surface area (Å²) in [7, 11) is -3.81. The number of carbonyl (C=O) groups is 1. The average molecular weight is 384 g/mol. The van der Waals surface area contributed by atoms with E-state index < -0.39 is 10.0 Å². The predicted octanol–water partition coefficient (Wildman–Crippen LogP) is 3.63. The summed E-state index contributed by atoms with van der Waals surface area (Å²) >= 11 is 0. The van der Waals surface area contributed by atoms with Crippen LogP contribution in [0.5, 0.6) is 0 Å². The molecular formula is C20H20N2O4S. The molecular weight excluding hydrogens is 364 g/mol. The minimum atomic E-state index is -3.81. The highest BCUT2D eigenvalue weighted by atomic mass is 32.2. The van der Waals surface area contributed by atoms with Crippen molar-refractivity contribution in [2.45, 2.75) is 25.3 Å². The monoisotopic (exact) mass is 384 g/mol. The van der Waals surface area contributed by atoms with Crippen LogP contribution in [0.15, 0.2) is 70.2 Å². The maximum Gasteiger partial charge on any atom is 0.261 e. The predicted molar refractivity (Wildman–Crippen MR) is 103 cm³/mol. The van der Waals surface area contributed by atoms with Crippen LogP contribution in [-0.2, 0) is 16.6 Å². The Morgan fingerprint density at radius 1 is 1.04 bits per heavy atom. The number of hydrogen-bond acceptors (Lipinski definition) is 4. The molecule has 0 aliphatic heterocycles. The van der Waals surface area contributed by atoms with Crippen molar-refractivity contribution in [1.82, 2.24) is 5.32 Å². The normalized spacial score (nSPS) is 11.2. The molecule has 0 aliphatic rings. The number of hydrogen-bond donors (Lipinski definition) is 2. The van der Waals surface area contributed by atoms with E-state index >= 15 is 0 Å². The molecule has 1 heterocycles. The maximum absolute atomic E-state index is 12.7. The number of benzene rings is 2. The Morgan fingerprint density at radius 3 is 2.56 bits per heavy atom. The number of sulfonamides is 1. The van der Waals surface area contributed by atoms with Crippen LogP contribution in [0.3, 0.4) is 0 Å². The Balaban J connectivity index is 1.82. The number of carbonyl (C=O) groups excluding carboxylic acids is 1. The summed E-state index contributed by atoms with van der Waals surface area (Å²) < 4.78 is 33.1. The topological polar surface area (TPSA) is 88.4 Å². The number of aryl methyl sites for hydroxylation is 2. The fourth-order valence-corrected chi connectivity index (χ4v) is 3.69. The van der Waals surface area contributed by atoms with E-state index in [9.17, 15) is 13.2 Å². The zero-order chi connectivity index (χ0) is 19.4. The van der Waals surface area contributed by atoms with Gasteiger partial charge in [0, 0.05) is 11.3 Å². The first kappa shape index (κ1) is 18.7. The van der Waals surface area contributed by atoms with Gasteiger partial charge in [-0.25, -0.2) is 8.42 Å². The molecule has 6 nitrogen and oxygen atoms in total. The number of anilines is 1. The number of amides is 1. The molecule has 0 atom stereocenters. The molecule has 1 aromatic heterocycles. The Hall–Kier alpha value is -3.06. The number of rotatable bonds is 6. The van der Waals surface area contributed by atoms with Crippen molar-refractivity contribution >= 4 is 21.6 Å². The minimum absolute atomic E-state index is 0.0257. The largest absolute Gasteiger partial charge is 0.467 e. The van der Waals surface area contributed by atoms with Crippen LogP contribution >= 0.6 is 0 Å². The SMILES string of the molecule is Cc1cccc(NS(=O)(=O)c2ccc(C)c(C(=O)NCc3ccco3)c2)c1. The molecule has 0 saturated carbocycles. The van der Waals surface area contributed by atoms with Gasteiger partial charge in [-0.05, 0) is 61.4 Å². The van der Waals surface area contributed by atoms with Crippen molar-refractivity contribution < 1.29 is 17.6 Å². The highest BCUT2D eigenvalue weighted by molar-refractivity contribution is 7.92. The van der Waals surface area contributed by atoms with Crippen LogP contribution in [0.25, 0.3) is 0 Å². The lowest BCUT2D eigenvalue weighted by Gasteiger charge is -2.12. The summed E-state index contributed by atoms with van der Waals surface area (Å²) in [6.45, 7) is 3.86. The van der Waals surface area contributed by atoms with Gasteiger partial charge in [0.05, 0.1) is 17.7 Å². The standard InChI is InChI=1S/C20H20N2O4S/c1-14-5-3-6-16(11-14)22-27(24,25)18-9-8-15(2)19(12-18)20(23)21-13-17-7-4-10-26-17/h3-12,22H,13H2,1-2H3,(H,21,23). The first-order valence-corrected chi connectivity index (χ1v) is 9.84. The smallest absolute Gasteiger partial charge is 0.261 e. The Kier molecular flexibility index (Phi) is 5.32. The van der Waals surface area contributed by atoms with E-state index in [-0.39, 0.29) is 17.3 Å². The van der Waals surface area contributed by atoms with E-state index in [4.69, 9.17) is 4.42 Å². The van der Waals surface area contributed by atoms with Gasteiger partial charge >= 0.3 is 0 Å². The summed E-state index contributed by atoms with van der Waals surface area (Å²) in [6, 6.07) is 15.0. The van der Waals surface area contributed by atoms with Crippen LogP contribution < -0.4 is 10.0 Å². The summed E-state index contributed by atoms with van der Waals surface area (Å²) in [4.78, 5) is 12.5. The number of nitrogens with one attached hydrogen (secondary N) is 2. The fraction of sp³-hybridized carbons (Fsp3) is 0.150. The lowest BCUT2D eigenvalue weighted by Crippen LogP contribution is -2.24. The molecule has 0 fully saturated rings. The molecule has 27 heavy (non-hydrogen) atoms. The van der Waals surface area contributed by atoms with Crippen molar-refractivity contribution in [2.24, 2.45) is 0 Å². The number of furan rings is 1. The zero-order valence-electron chi connectivity index (χ0n) is 15.0. The van der Waals surface area contributed by atoms with Gasteiger partial charge in [-0.1, -0.05) is 18.2 Å². The van der Waals surface area contributed by atoms with Crippen LogP contribution in [0.4, 0.5) is 5.69 Å². The quantitative estimate of drug-likeness (QED) is 0.679. The maximum atomic E-state index is 12.7. The van der Waals surface area contributed by atoms with Gasteiger partial charge in [-0.2, -0.15) is 0 Å². The van der Waals surface area contributed by atoms with Gasteiger partial charge in [0.25, 0.3) is 15.9 Å². The molecule has 0 saturated heterocycles. The second-order valence-electron chi connectivity index (χ2n) is 6.21. The van der Waals surface area contributed by atoms with Gasteiger partial charge in [-0.15, -0.1) is 0 Å². The average Bonchev–Trinajstić information content (AvgIpc) is 3.13. The fourth-order valence-electron chi connectivity index (χ4n) is 2.61. The third kappa shape index (κ3) is 4.57. The lowest BCUT2D eigenvalue weighted by atomic mass is 10.1. The molecule has 3 aromatic rings. The van der Waals surface area contributed by atoms with E-state index in [2.05, 4.69) is 10.0 Å². The summed E-state index contributed by atoms with van der Waals surface area (Å²) in [6.07, 6.45) is 1.52. The van der Waals surface area contributed by atoms with Crippen LogP contribution in [0, 0.1) is 13.8 Å². The molecule has 3 rings (SSSR count). The van der Waals surface area contributed by atoms with Crippen molar-refractivity contribution in [3.05, 3.63) is 83.3 Å². The Morgan fingerprint density at radius 2 is 1.85 bits per heavy atom. The zero-order valence-corrected chi connectivity index (χ0v) is 15.8. The first-order valence-electron chi connectivity index (χ1n) is 8.36. The van der Waals surface area contributed by atoms with E-state index in [1.54, 1.807) is 43.3 Å². The van der Waals surface area contributed by atoms with E-state index in [0.717, 1.165) is 5.56 Å². The molecule has 0 unspecified atom stereocenters. The third-order valence-electron chi connectivity index (χ3n) is 4.04. The molecule has 7 heteroatoms. The highest BCUT2D eigenvalue weighted by Crippen LogP contribution is 2.20. The van der Waals surface area contributed by atoms with Gasteiger partial charge in [0.1, 0.15) is 5.76 Å². The molecule has 0 radical (unpaired) electrons. The minimum Gasteiger partial charge on any atom is -0.467 e. The van der Waals surface area contributed by atoms with Crippen LogP contribution in [0.1, 0.15) is 27.2 Å². The van der Waals surface area contributed by atoms with E-state index in [1.807, 2.05) is 13.0 Å². The summed E-state index contributed by atoms with van der Waals surface area (Å²) in [5.74, 6) is 0.252. The van der Waals surface area contributed by atoms with E-state index in [0.29, 0.717) is 22.6 Å². The first-order chi connectivity index (χ1) is 12.8. The summed E-state index contributed by atoms with van der Waals surface area (Å²) in [5.41, 5.74) is 2.40. The summed E-state index contributed by atoms with van der Waals surface area (Å²) in [5, 5.41) is 2.73. The van der Waals surface area contributed by atoms with Crippen LogP contribution in [-0.4, -0.2) is 14.3 Å². The molecule has 0 bridgehead atoms. The van der Waals surface area contributed by atoms with Gasteiger partial charge in [0.2, 0.25) is 0 Å². The third-order valence-corrected chi connectivity index (χ3v) is 5.42. The molecule has 2 N–H and O–H groups in total. The molecule has 0 aliphatic carbocycles.